The molecule has 21 heavy (non-hydrogen) atoms. The number of aromatic nitrogens is 4. The number of alkyl halides is 3. The summed E-state index contributed by atoms with van der Waals surface area (Å²) < 4.78 is 39.7. The van der Waals surface area contributed by atoms with Crippen molar-refractivity contribution in [3.63, 3.8) is 0 Å². The first kappa shape index (κ1) is 15.6. The normalized spacial score (nSPS) is 11.8. The van der Waals surface area contributed by atoms with Gasteiger partial charge in [0.1, 0.15) is 5.82 Å². The van der Waals surface area contributed by atoms with Gasteiger partial charge in [-0.1, -0.05) is 0 Å². The Labute approximate surface area is 124 Å². The average molecular weight is 320 g/mol. The molecule has 0 fully saturated rings. The third-order valence-electron chi connectivity index (χ3n) is 3.09. The molecular formula is C12H13ClF3N5. The quantitative estimate of drug-likeness (QED) is 0.883. The van der Waals surface area contributed by atoms with Crippen molar-refractivity contribution in [1.29, 1.82) is 0 Å². The molecular weight excluding hydrogens is 307 g/mol. The molecule has 0 aliphatic heterocycles. The van der Waals surface area contributed by atoms with Crippen LogP contribution in [0.1, 0.15) is 22.6 Å². The molecule has 2 aromatic heterocycles. The monoisotopic (exact) mass is 319 g/mol. The Balaban J connectivity index is 2.22. The molecule has 5 nitrogen and oxygen atoms in total. The number of nitrogens with one attached hydrogen (secondary N) is 1. The minimum absolute atomic E-state index is 0.0185. The van der Waals surface area contributed by atoms with Crippen molar-refractivity contribution in [2.24, 2.45) is 7.05 Å². The lowest BCUT2D eigenvalue weighted by molar-refractivity contribution is -0.141. The first-order valence-corrected chi connectivity index (χ1v) is 6.41. The van der Waals surface area contributed by atoms with E-state index >= 15 is 0 Å². The molecule has 0 amide bonds. The van der Waals surface area contributed by atoms with Gasteiger partial charge in [0.15, 0.2) is 5.69 Å². The van der Waals surface area contributed by atoms with Crippen LogP contribution in [-0.2, 0) is 19.8 Å². The van der Waals surface area contributed by atoms with Crippen LogP contribution < -0.4 is 5.32 Å². The molecule has 2 heterocycles. The molecule has 2 aromatic rings. The summed E-state index contributed by atoms with van der Waals surface area (Å²) in [5, 5.41) is 6.60. The first-order chi connectivity index (χ1) is 9.68. The summed E-state index contributed by atoms with van der Waals surface area (Å²) in [6, 6.07) is 0.826. The molecule has 0 aliphatic carbocycles. The van der Waals surface area contributed by atoms with E-state index in [2.05, 4.69) is 20.4 Å². The number of nitrogens with zero attached hydrogens (tertiary/aromatic N) is 4. The summed E-state index contributed by atoms with van der Waals surface area (Å²) in [5.74, 6) is 0.0185. The minimum atomic E-state index is -4.57. The smallest absolute Gasteiger partial charge is 0.366 e. The molecule has 0 aromatic carbocycles. The van der Waals surface area contributed by atoms with E-state index < -0.39 is 17.2 Å². The summed E-state index contributed by atoms with van der Waals surface area (Å²) in [6.07, 6.45) is -4.57. The zero-order chi connectivity index (χ0) is 15.8. The standard InChI is InChI=1S/C12H13ClF3N5/c1-6-8(7(2)21(3)20-6)5-17-10-4-9(12(14,15)16)18-11(13)19-10/h4H,5H2,1-3H3,(H,17,18,19). The molecule has 0 unspecified atom stereocenters. The van der Waals surface area contributed by atoms with Crippen LogP contribution in [0.5, 0.6) is 0 Å². The van der Waals surface area contributed by atoms with Gasteiger partial charge in [0.25, 0.3) is 0 Å². The molecule has 0 radical (unpaired) electrons. The fourth-order valence-corrected chi connectivity index (χ4v) is 2.09. The number of anilines is 1. The highest BCUT2D eigenvalue weighted by Gasteiger charge is 2.33. The van der Waals surface area contributed by atoms with Crippen LogP contribution in [0.3, 0.4) is 0 Å². The van der Waals surface area contributed by atoms with E-state index in [1.807, 2.05) is 13.8 Å². The van der Waals surface area contributed by atoms with Crippen LogP contribution in [0.25, 0.3) is 0 Å². The van der Waals surface area contributed by atoms with Crippen molar-refractivity contribution < 1.29 is 13.2 Å². The maximum absolute atomic E-state index is 12.7. The van der Waals surface area contributed by atoms with Crippen molar-refractivity contribution in [2.45, 2.75) is 26.6 Å². The van der Waals surface area contributed by atoms with Crippen molar-refractivity contribution in [2.75, 3.05) is 5.32 Å². The van der Waals surface area contributed by atoms with Gasteiger partial charge in [-0.3, -0.25) is 4.68 Å². The molecule has 0 atom stereocenters. The Morgan fingerprint density at radius 2 is 1.95 bits per heavy atom. The maximum atomic E-state index is 12.7. The molecule has 0 spiro atoms. The number of hydrogen-bond acceptors (Lipinski definition) is 4. The molecule has 0 aliphatic rings. The molecule has 0 saturated carbocycles. The molecule has 2 rings (SSSR count). The summed E-state index contributed by atoms with van der Waals surface area (Å²) in [7, 11) is 1.80. The second-order valence-corrected chi connectivity index (χ2v) is 4.87. The van der Waals surface area contributed by atoms with Gasteiger partial charge in [0.2, 0.25) is 5.28 Å². The summed E-state index contributed by atoms with van der Waals surface area (Å²) in [6.45, 7) is 4.01. The van der Waals surface area contributed by atoms with E-state index in [1.165, 1.54) is 0 Å². The van der Waals surface area contributed by atoms with Crippen LogP contribution in [0.2, 0.25) is 5.28 Å². The van der Waals surface area contributed by atoms with E-state index in [0.29, 0.717) is 6.54 Å². The third kappa shape index (κ3) is 3.44. The first-order valence-electron chi connectivity index (χ1n) is 6.03. The van der Waals surface area contributed by atoms with Crippen LogP contribution in [0.15, 0.2) is 6.07 Å². The SMILES string of the molecule is Cc1nn(C)c(C)c1CNc1cc(C(F)(F)F)nc(Cl)n1. The molecule has 114 valence electrons. The van der Waals surface area contributed by atoms with Gasteiger partial charge in [-0.2, -0.15) is 18.3 Å². The second-order valence-electron chi connectivity index (χ2n) is 4.53. The fraction of sp³-hybridized carbons (Fsp3) is 0.417. The van der Waals surface area contributed by atoms with Crippen LogP contribution >= 0.6 is 11.6 Å². The van der Waals surface area contributed by atoms with Gasteiger partial charge in [0, 0.05) is 30.9 Å². The van der Waals surface area contributed by atoms with Crippen molar-refractivity contribution in [3.05, 3.63) is 34.0 Å². The highest BCUT2D eigenvalue weighted by atomic mass is 35.5. The Hall–Kier alpha value is -1.83. The topological polar surface area (TPSA) is 55.6 Å². The highest BCUT2D eigenvalue weighted by molar-refractivity contribution is 6.28. The van der Waals surface area contributed by atoms with Gasteiger partial charge < -0.3 is 5.32 Å². The molecule has 9 heteroatoms. The van der Waals surface area contributed by atoms with E-state index in [0.717, 1.165) is 23.0 Å². The Kier molecular flexibility index (Phi) is 4.08. The molecule has 0 saturated heterocycles. The van der Waals surface area contributed by atoms with Crippen LogP contribution in [0.4, 0.5) is 19.0 Å². The van der Waals surface area contributed by atoms with E-state index in [-0.39, 0.29) is 5.82 Å². The summed E-state index contributed by atoms with van der Waals surface area (Å²) >= 11 is 5.53. The number of aryl methyl sites for hydroxylation is 2. The molecule has 1 N–H and O–H groups in total. The Bertz CT molecular complexity index is 666. The minimum Gasteiger partial charge on any atom is -0.366 e. The van der Waals surface area contributed by atoms with Crippen molar-refractivity contribution >= 4 is 17.4 Å². The zero-order valence-electron chi connectivity index (χ0n) is 11.6. The van der Waals surface area contributed by atoms with Gasteiger partial charge in [-0.25, -0.2) is 9.97 Å². The highest BCUT2D eigenvalue weighted by Crippen LogP contribution is 2.29. The van der Waals surface area contributed by atoms with Crippen LogP contribution in [-0.4, -0.2) is 19.7 Å². The third-order valence-corrected chi connectivity index (χ3v) is 3.26. The number of hydrogen-bond donors (Lipinski definition) is 1. The zero-order valence-corrected chi connectivity index (χ0v) is 12.3. The average Bonchev–Trinajstić information content (AvgIpc) is 2.59. The van der Waals surface area contributed by atoms with Gasteiger partial charge in [-0.15, -0.1) is 0 Å². The predicted molar refractivity (Wildman–Crippen MR) is 72.1 cm³/mol. The fourth-order valence-electron chi connectivity index (χ4n) is 1.91. The van der Waals surface area contributed by atoms with E-state index in [4.69, 9.17) is 11.6 Å². The second kappa shape index (κ2) is 5.51. The lowest BCUT2D eigenvalue weighted by Gasteiger charge is -2.10. The number of halogens is 4. The van der Waals surface area contributed by atoms with E-state index in [9.17, 15) is 13.2 Å². The largest absolute Gasteiger partial charge is 0.433 e. The van der Waals surface area contributed by atoms with Crippen LogP contribution in [0, 0.1) is 13.8 Å². The Morgan fingerprint density at radius 3 is 2.48 bits per heavy atom. The van der Waals surface area contributed by atoms with Crippen molar-refractivity contribution in [3.8, 4) is 0 Å². The van der Waals surface area contributed by atoms with Gasteiger partial charge in [0.05, 0.1) is 5.69 Å². The summed E-state index contributed by atoms with van der Waals surface area (Å²) in [5.41, 5.74) is 1.56. The maximum Gasteiger partial charge on any atom is 0.433 e. The Morgan fingerprint density at radius 1 is 1.29 bits per heavy atom. The lowest BCUT2D eigenvalue weighted by Crippen LogP contribution is -2.11. The van der Waals surface area contributed by atoms with E-state index in [1.54, 1.807) is 11.7 Å². The summed E-state index contributed by atoms with van der Waals surface area (Å²) in [4.78, 5) is 6.92. The number of rotatable bonds is 3. The van der Waals surface area contributed by atoms with Gasteiger partial charge in [-0.05, 0) is 25.4 Å². The lowest BCUT2D eigenvalue weighted by atomic mass is 10.2. The van der Waals surface area contributed by atoms with Crippen molar-refractivity contribution in [1.82, 2.24) is 19.7 Å². The van der Waals surface area contributed by atoms with Gasteiger partial charge >= 0.3 is 6.18 Å². The molecule has 0 bridgehead atoms. The predicted octanol–water partition coefficient (Wildman–Crippen LogP) is 3.11.